The summed E-state index contributed by atoms with van der Waals surface area (Å²) >= 11 is 9.53. The second kappa shape index (κ2) is 23.8. The fourth-order valence-electron chi connectivity index (χ4n) is 9.11. The Morgan fingerprint density at radius 3 is 0.792 bits per heavy atom. The molecule has 0 saturated carbocycles. The van der Waals surface area contributed by atoms with Crippen LogP contribution in [-0.2, 0) is 0 Å². The second-order valence-electron chi connectivity index (χ2n) is 18.3. The molecule has 0 aliphatic carbocycles. The number of aromatic nitrogens is 2. The van der Waals surface area contributed by atoms with Crippen molar-refractivity contribution in [3.05, 3.63) is 194 Å². The summed E-state index contributed by atoms with van der Waals surface area (Å²) < 4.78 is 299. The van der Waals surface area contributed by atoms with Crippen molar-refractivity contribution in [3.63, 3.8) is 0 Å². The van der Waals surface area contributed by atoms with Crippen LogP contribution in [0.3, 0.4) is 0 Å². The summed E-state index contributed by atoms with van der Waals surface area (Å²) in [5, 5.41) is 0.194. The quantitative estimate of drug-likeness (QED) is 0.0322. The van der Waals surface area contributed by atoms with Crippen LogP contribution in [-0.4, -0.2) is 16.1 Å². The van der Waals surface area contributed by atoms with Crippen LogP contribution in [0.2, 0.25) is 0 Å². The molecule has 77 heavy (non-hydrogen) atoms. The molecule has 0 bridgehead atoms. The number of halogens is 22. The van der Waals surface area contributed by atoms with Crippen molar-refractivity contribution in [1.29, 1.82) is 0 Å². The monoisotopic (exact) mass is 1150 g/mol. The minimum atomic E-state index is -7.22. The lowest BCUT2D eigenvalue weighted by molar-refractivity contribution is -0.596. The van der Waals surface area contributed by atoms with Crippen LogP contribution >= 0.6 is 23.2 Å². The number of rotatable bonds is 10. The fourth-order valence-corrected chi connectivity index (χ4v) is 9.11. The first kappa shape index (κ1) is 61.6. The molecule has 0 radical (unpaired) electrons. The van der Waals surface area contributed by atoms with Gasteiger partial charge in [-0.2, -0.15) is 0 Å². The van der Waals surface area contributed by atoms with E-state index in [1.165, 1.54) is 33.6 Å². The number of hydrogen-bond acceptors (Lipinski definition) is 0. The summed E-state index contributed by atoms with van der Waals surface area (Å²) in [4.78, 5) is 0. The molecule has 6 aromatic carbocycles. The number of benzene rings is 6. The summed E-state index contributed by atoms with van der Waals surface area (Å²) in [6.45, 7) is 18.3. The summed E-state index contributed by atoms with van der Waals surface area (Å²) in [5.74, 6) is -69.5. The van der Waals surface area contributed by atoms with Gasteiger partial charge in [-0.25, -0.2) is 96.9 Å². The van der Waals surface area contributed by atoms with Crippen molar-refractivity contribution in [1.82, 2.24) is 4.57 Å². The van der Waals surface area contributed by atoms with Crippen LogP contribution in [0.15, 0.2) is 55.1 Å². The third kappa shape index (κ3) is 10.5. The van der Waals surface area contributed by atoms with E-state index in [0.29, 0.717) is 23.7 Å². The molecule has 0 fully saturated rings. The molecule has 0 aliphatic heterocycles. The van der Waals surface area contributed by atoms with Gasteiger partial charge in [0.1, 0.15) is 76.5 Å². The SMILES string of the molecule is CC(C)c1cccc(C(C)C)c1-n1cc[n+](-c2c(C(C)C)cccc2C(C)C)c1.ClCCl.Fc1c(F)c(F)c([B-](c2c(F)c(F)c(F)c(F)c2F)(c2c(F)c(F)c(F)c(F)c2F)c2c(F)c(F)c(F)c(F)c2F)c(F)c1F. The van der Waals surface area contributed by atoms with Gasteiger partial charge < -0.3 is 0 Å². The first-order valence-electron chi connectivity index (χ1n) is 22.5. The molecule has 0 atom stereocenters. The Bertz CT molecular complexity index is 2880. The van der Waals surface area contributed by atoms with Crippen LogP contribution in [0.1, 0.15) is 101 Å². The predicted molar refractivity (Wildman–Crippen MR) is 249 cm³/mol. The molecule has 25 heteroatoms. The van der Waals surface area contributed by atoms with Crippen LogP contribution in [0.25, 0.3) is 11.4 Å². The molecule has 2 nitrogen and oxygen atoms in total. The highest BCUT2D eigenvalue weighted by Crippen LogP contribution is 2.34. The van der Waals surface area contributed by atoms with Crippen LogP contribution in [0.4, 0.5) is 87.8 Å². The van der Waals surface area contributed by atoms with Gasteiger partial charge in [-0.15, -0.1) is 45.1 Å². The first-order chi connectivity index (χ1) is 35.8. The fraction of sp³-hybridized carbons (Fsp3) is 0.250. The maximum atomic E-state index is 15.4. The number of hydrogen-bond donors (Lipinski definition) is 0. The molecule has 0 aliphatic rings. The Labute approximate surface area is 436 Å². The van der Waals surface area contributed by atoms with Crippen molar-refractivity contribution >= 4 is 51.2 Å². The van der Waals surface area contributed by atoms with E-state index in [0.717, 1.165) is 0 Å². The van der Waals surface area contributed by atoms with Gasteiger partial charge in [0.25, 0.3) is 6.33 Å². The van der Waals surface area contributed by atoms with Gasteiger partial charge in [0.05, 0.1) is 5.34 Å². The van der Waals surface area contributed by atoms with E-state index >= 15 is 35.1 Å². The normalized spacial score (nSPS) is 11.8. The Morgan fingerprint density at radius 1 is 0.364 bits per heavy atom. The number of para-hydroxylation sites is 2. The highest BCUT2D eigenvalue weighted by Gasteiger charge is 2.52. The highest BCUT2D eigenvalue weighted by molar-refractivity contribution is 7.20. The minimum Gasteiger partial charge on any atom is -0.207 e. The standard InChI is InChI=1S/C27H37N2.C24BF20.CH2Cl2/c1-18(2)22-11-9-12-23(19(3)4)26(22)28-15-16-29(17-28)27-24(20(5)6)13-10-14-25(27)21(7)8;26-5-1(6(27)14(35)21(42)13(5)34)25(2-7(28)15(36)22(43)16(37)8(2)29,3-9(30)17(38)23(44)18(39)10(3)31)4-11(32)19(40)24(45)20(41)12(4)33;2-1-3/h9-21H,1-8H3;;1H2/q+1;-1;. The summed E-state index contributed by atoms with van der Waals surface area (Å²) in [6.07, 6.45) is -0.520. The lowest BCUT2D eigenvalue weighted by Crippen LogP contribution is -2.81. The molecular weight excluding hydrogens is 1110 g/mol. The Kier molecular flexibility index (Phi) is 19.0. The van der Waals surface area contributed by atoms with Gasteiger partial charge in [-0.05, 0) is 23.7 Å². The van der Waals surface area contributed by atoms with Gasteiger partial charge in [0.15, 0.2) is 69.8 Å². The molecule has 1 heterocycles. The van der Waals surface area contributed by atoms with Crippen LogP contribution < -0.4 is 26.4 Å². The maximum absolute atomic E-state index is 15.4. The van der Waals surface area contributed by atoms with Crippen molar-refractivity contribution < 1.29 is 92.4 Å². The predicted octanol–water partition coefficient (Wildman–Crippen LogP) is 14.5. The van der Waals surface area contributed by atoms with Gasteiger partial charge in [0.2, 0.25) is 0 Å². The third-order valence-electron chi connectivity index (χ3n) is 12.5. The Balaban J connectivity index is 0.000000293. The molecule has 0 spiro atoms. The third-order valence-corrected chi connectivity index (χ3v) is 12.5. The first-order valence-corrected chi connectivity index (χ1v) is 23.6. The lowest BCUT2D eigenvalue weighted by Gasteiger charge is -2.44. The lowest BCUT2D eigenvalue weighted by atomic mass is 9.12. The van der Waals surface area contributed by atoms with Crippen LogP contribution in [0.5, 0.6) is 0 Å². The maximum Gasteiger partial charge on any atom is 0.254 e. The minimum absolute atomic E-state index is 0.194. The van der Waals surface area contributed by atoms with Crippen molar-refractivity contribution in [2.24, 2.45) is 0 Å². The molecule has 7 rings (SSSR count). The van der Waals surface area contributed by atoms with Gasteiger partial charge in [-0.3, -0.25) is 0 Å². The van der Waals surface area contributed by atoms with Gasteiger partial charge in [0, 0.05) is 22.3 Å². The van der Waals surface area contributed by atoms with E-state index in [-0.39, 0.29) is 5.34 Å². The molecule has 7 aromatic rings. The average molecular weight is 1150 g/mol. The van der Waals surface area contributed by atoms with E-state index in [1.807, 2.05) is 0 Å². The number of nitrogens with zero attached hydrogens (tertiary/aromatic N) is 2. The van der Waals surface area contributed by atoms with E-state index in [4.69, 9.17) is 23.2 Å². The summed E-state index contributed by atoms with van der Waals surface area (Å²) in [5.41, 5.74) is -6.04. The largest absolute Gasteiger partial charge is 0.254 e. The van der Waals surface area contributed by atoms with E-state index < -0.39 is 144 Å². The van der Waals surface area contributed by atoms with Crippen molar-refractivity contribution in [2.75, 3.05) is 5.34 Å². The van der Waals surface area contributed by atoms with E-state index in [2.05, 4.69) is 120 Å². The van der Waals surface area contributed by atoms with Crippen molar-refractivity contribution in [3.8, 4) is 11.4 Å². The zero-order valence-corrected chi connectivity index (χ0v) is 42.5. The smallest absolute Gasteiger partial charge is 0.207 e. The molecular formula is C52H39BCl2F20N2. The molecule has 414 valence electrons. The molecule has 0 unspecified atom stereocenters. The molecule has 0 N–H and O–H groups in total. The summed E-state index contributed by atoms with van der Waals surface area (Å²) in [6, 6.07) is 13.5. The topological polar surface area (TPSA) is 8.81 Å². The number of imidazole rings is 1. The molecule has 0 saturated heterocycles. The van der Waals surface area contributed by atoms with E-state index in [9.17, 15) is 52.7 Å². The Hall–Kier alpha value is -6.23. The highest BCUT2D eigenvalue weighted by atomic mass is 35.5. The van der Waals surface area contributed by atoms with E-state index in [1.54, 1.807) is 0 Å². The van der Waals surface area contributed by atoms with Gasteiger partial charge in [-0.1, -0.05) is 91.8 Å². The zero-order valence-electron chi connectivity index (χ0n) is 41.0. The molecule has 1 aromatic heterocycles. The Morgan fingerprint density at radius 2 is 0.571 bits per heavy atom. The second-order valence-corrected chi connectivity index (χ2v) is 19.1. The zero-order chi connectivity index (χ0) is 58.4. The molecule has 0 amide bonds. The average Bonchev–Trinajstić information content (AvgIpc) is 3.88. The number of alkyl halides is 2. The summed E-state index contributed by atoms with van der Waals surface area (Å²) in [7, 11) is 0. The van der Waals surface area contributed by atoms with Crippen LogP contribution in [0, 0.1) is 116 Å². The van der Waals surface area contributed by atoms with Crippen molar-refractivity contribution in [2.45, 2.75) is 79.1 Å². The van der Waals surface area contributed by atoms with Gasteiger partial charge >= 0.3 is 0 Å².